The summed E-state index contributed by atoms with van der Waals surface area (Å²) in [7, 11) is 1.71. The predicted octanol–water partition coefficient (Wildman–Crippen LogP) is 0.242. The van der Waals surface area contributed by atoms with Crippen LogP contribution in [0.1, 0.15) is 30.0 Å². The van der Waals surface area contributed by atoms with Gasteiger partial charge in [-0.15, -0.1) is 5.10 Å². The van der Waals surface area contributed by atoms with Gasteiger partial charge in [-0.25, -0.2) is 9.48 Å². The molecule has 0 radical (unpaired) electrons. The second-order valence-electron chi connectivity index (χ2n) is 3.81. The zero-order chi connectivity index (χ0) is 13.7. The fraction of sp³-hybridized carbons (Fsp3) is 0.636. The number of carbonyl (C=O) groups is 2. The molecule has 0 aliphatic carbocycles. The van der Waals surface area contributed by atoms with Crippen molar-refractivity contribution < 1.29 is 14.3 Å². The molecule has 7 nitrogen and oxygen atoms in total. The smallest absolute Gasteiger partial charge is 0.360 e. The first-order valence-electron chi connectivity index (χ1n) is 5.82. The van der Waals surface area contributed by atoms with E-state index in [1.54, 1.807) is 25.8 Å². The van der Waals surface area contributed by atoms with Crippen molar-refractivity contribution in [2.75, 3.05) is 20.2 Å². The number of aromatic nitrogens is 3. The van der Waals surface area contributed by atoms with Crippen molar-refractivity contribution in [2.24, 2.45) is 0 Å². The molecule has 100 valence electrons. The lowest BCUT2D eigenvalue weighted by Crippen LogP contribution is -2.30. The molecular formula is C11H18N4O3. The Bertz CT molecular complexity index is 441. The number of nitrogens with zero attached hydrogens (tertiary/aromatic N) is 4. The van der Waals surface area contributed by atoms with Gasteiger partial charge in [-0.1, -0.05) is 5.21 Å². The summed E-state index contributed by atoms with van der Waals surface area (Å²) in [5.74, 6) is -0.599. The number of likely N-dealkylation sites (N-methyl/N-ethyl adjacent to an activating group) is 1. The van der Waals surface area contributed by atoms with E-state index in [1.165, 1.54) is 4.68 Å². The molecule has 18 heavy (non-hydrogen) atoms. The second-order valence-corrected chi connectivity index (χ2v) is 3.81. The maximum atomic E-state index is 11.7. The van der Waals surface area contributed by atoms with E-state index >= 15 is 0 Å². The standard InChI is InChI=1S/C11H18N4O3/c1-5-14(4)9(16)7-15-8(3)10(12-13-15)11(17)18-6-2/h5-7H2,1-4H3. The summed E-state index contributed by atoms with van der Waals surface area (Å²) in [6, 6.07) is 0. The zero-order valence-corrected chi connectivity index (χ0v) is 11.1. The molecule has 1 aromatic rings. The average Bonchev–Trinajstić information content (AvgIpc) is 2.70. The van der Waals surface area contributed by atoms with Crippen molar-refractivity contribution in [1.29, 1.82) is 0 Å². The van der Waals surface area contributed by atoms with Gasteiger partial charge >= 0.3 is 5.97 Å². The van der Waals surface area contributed by atoms with Gasteiger partial charge < -0.3 is 9.64 Å². The van der Waals surface area contributed by atoms with Crippen LogP contribution in [0.5, 0.6) is 0 Å². The quantitative estimate of drug-likeness (QED) is 0.703. The van der Waals surface area contributed by atoms with Crippen molar-refractivity contribution in [3.8, 4) is 0 Å². The van der Waals surface area contributed by atoms with Gasteiger partial charge in [0.25, 0.3) is 0 Å². The zero-order valence-electron chi connectivity index (χ0n) is 11.1. The van der Waals surface area contributed by atoms with E-state index < -0.39 is 5.97 Å². The molecular weight excluding hydrogens is 236 g/mol. The third kappa shape index (κ3) is 3.06. The van der Waals surface area contributed by atoms with Crippen LogP contribution in [-0.4, -0.2) is 52.0 Å². The van der Waals surface area contributed by atoms with Crippen molar-refractivity contribution in [3.63, 3.8) is 0 Å². The van der Waals surface area contributed by atoms with Gasteiger partial charge in [-0.3, -0.25) is 4.79 Å². The molecule has 1 aromatic heterocycles. The Morgan fingerprint density at radius 1 is 1.39 bits per heavy atom. The van der Waals surface area contributed by atoms with E-state index in [0.717, 1.165) is 0 Å². The van der Waals surface area contributed by atoms with E-state index in [4.69, 9.17) is 4.74 Å². The van der Waals surface area contributed by atoms with Crippen molar-refractivity contribution in [3.05, 3.63) is 11.4 Å². The molecule has 0 fully saturated rings. The molecule has 7 heteroatoms. The molecule has 0 saturated carbocycles. The summed E-state index contributed by atoms with van der Waals surface area (Å²) >= 11 is 0. The number of ether oxygens (including phenoxy) is 1. The van der Waals surface area contributed by atoms with Crippen LogP contribution in [0.25, 0.3) is 0 Å². The molecule has 0 aliphatic rings. The summed E-state index contributed by atoms with van der Waals surface area (Å²) in [6.07, 6.45) is 0. The van der Waals surface area contributed by atoms with Crippen LogP contribution in [0.15, 0.2) is 0 Å². The van der Waals surface area contributed by atoms with Crippen molar-refractivity contribution in [1.82, 2.24) is 19.9 Å². The van der Waals surface area contributed by atoms with E-state index in [-0.39, 0.29) is 24.8 Å². The Kier molecular flexibility index (Phi) is 4.82. The Morgan fingerprint density at radius 3 is 2.61 bits per heavy atom. The van der Waals surface area contributed by atoms with Gasteiger partial charge in [0.05, 0.1) is 12.3 Å². The van der Waals surface area contributed by atoms with E-state index in [0.29, 0.717) is 12.2 Å². The maximum absolute atomic E-state index is 11.7. The number of rotatable bonds is 5. The highest BCUT2D eigenvalue weighted by atomic mass is 16.5. The summed E-state index contributed by atoms with van der Waals surface area (Å²) in [4.78, 5) is 24.8. The Morgan fingerprint density at radius 2 is 2.06 bits per heavy atom. The number of hydrogen-bond donors (Lipinski definition) is 0. The summed E-state index contributed by atoms with van der Waals surface area (Å²) < 4.78 is 6.25. The lowest BCUT2D eigenvalue weighted by molar-refractivity contribution is -0.130. The second kappa shape index (κ2) is 6.13. The topological polar surface area (TPSA) is 77.3 Å². The summed E-state index contributed by atoms with van der Waals surface area (Å²) in [5.41, 5.74) is 0.690. The summed E-state index contributed by atoms with van der Waals surface area (Å²) in [6.45, 7) is 6.27. The molecule has 0 aromatic carbocycles. The summed E-state index contributed by atoms with van der Waals surface area (Å²) in [5, 5.41) is 7.53. The van der Waals surface area contributed by atoms with Gasteiger partial charge in [0.2, 0.25) is 5.91 Å². The largest absolute Gasteiger partial charge is 0.461 e. The van der Waals surface area contributed by atoms with Crippen LogP contribution in [0, 0.1) is 6.92 Å². The monoisotopic (exact) mass is 254 g/mol. The lowest BCUT2D eigenvalue weighted by Gasteiger charge is -2.14. The van der Waals surface area contributed by atoms with Gasteiger partial charge in [0, 0.05) is 13.6 Å². The average molecular weight is 254 g/mol. The molecule has 0 atom stereocenters. The molecule has 1 heterocycles. The molecule has 0 spiro atoms. The molecule has 0 saturated heterocycles. The first-order valence-corrected chi connectivity index (χ1v) is 5.82. The molecule has 0 unspecified atom stereocenters. The fourth-order valence-corrected chi connectivity index (χ4v) is 1.32. The normalized spacial score (nSPS) is 10.2. The minimum Gasteiger partial charge on any atom is -0.461 e. The highest BCUT2D eigenvalue weighted by Crippen LogP contribution is 2.06. The molecule has 0 aliphatic heterocycles. The van der Waals surface area contributed by atoms with Crippen molar-refractivity contribution >= 4 is 11.9 Å². The van der Waals surface area contributed by atoms with Crippen molar-refractivity contribution in [2.45, 2.75) is 27.3 Å². The SMILES string of the molecule is CCOC(=O)c1nnn(CC(=O)N(C)CC)c1C. The number of amides is 1. The number of esters is 1. The highest BCUT2D eigenvalue weighted by molar-refractivity contribution is 5.88. The van der Waals surface area contributed by atoms with Crippen LogP contribution < -0.4 is 0 Å². The van der Waals surface area contributed by atoms with Gasteiger partial charge in [-0.05, 0) is 20.8 Å². The third-order valence-corrected chi connectivity index (χ3v) is 2.64. The molecule has 0 N–H and O–H groups in total. The van der Waals surface area contributed by atoms with Crippen LogP contribution >= 0.6 is 0 Å². The van der Waals surface area contributed by atoms with E-state index in [2.05, 4.69) is 10.3 Å². The number of carbonyl (C=O) groups excluding carboxylic acids is 2. The molecule has 1 rings (SSSR count). The van der Waals surface area contributed by atoms with Gasteiger partial charge in [0.15, 0.2) is 5.69 Å². The Balaban J connectivity index is 2.81. The van der Waals surface area contributed by atoms with Crippen LogP contribution in [0.4, 0.5) is 0 Å². The maximum Gasteiger partial charge on any atom is 0.360 e. The first-order chi connectivity index (χ1) is 8.51. The lowest BCUT2D eigenvalue weighted by atomic mass is 10.3. The molecule has 0 bridgehead atoms. The Hall–Kier alpha value is -1.92. The van der Waals surface area contributed by atoms with Gasteiger partial charge in [0.1, 0.15) is 6.54 Å². The highest BCUT2D eigenvalue weighted by Gasteiger charge is 2.19. The minimum absolute atomic E-state index is 0.0720. The molecule has 1 amide bonds. The van der Waals surface area contributed by atoms with Gasteiger partial charge in [-0.2, -0.15) is 0 Å². The van der Waals surface area contributed by atoms with E-state index in [9.17, 15) is 9.59 Å². The minimum atomic E-state index is -0.516. The first kappa shape index (κ1) is 14.1. The van der Waals surface area contributed by atoms with E-state index in [1.807, 2.05) is 6.92 Å². The predicted molar refractivity (Wildman–Crippen MR) is 64.0 cm³/mol. The van der Waals surface area contributed by atoms with Crippen LogP contribution in [0.2, 0.25) is 0 Å². The third-order valence-electron chi connectivity index (χ3n) is 2.64. The number of hydrogen-bond acceptors (Lipinski definition) is 5. The Labute approximate surface area is 106 Å². The fourth-order valence-electron chi connectivity index (χ4n) is 1.32. The van der Waals surface area contributed by atoms with Crippen LogP contribution in [-0.2, 0) is 16.1 Å². The van der Waals surface area contributed by atoms with Crippen LogP contribution in [0.3, 0.4) is 0 Å².